The number of alkyl halides is 3. The fourth-order valence-electron chi connectivity index (χ4n) is 1.45. The number of nitrogen functional groups attached to an aromatic ring is 1. The van der Waals surface area contributed by atoms with E-state index in [-0.39, 0.29) is 18.8 Å². The predicted octanol–water partition coefficient (Wildman–Crippen LogP) is 2.91. The quantitative estimate of drug-likeness (QED) is 0.738. The van der Waals surface area contributed by atoms with Gasteiger partial charge in [-0.1, -0.05) is 15.9 Å². The van der Waals surface area contributed by atoms with Gasteiger partial charge in [0.2, 0.25) is 0 Å². The Hall–Kier alpha value is -0.790. The molecule has 3 nitrogen and oxygen atoms in total. The lowest BCUT2D eigenvalue weighted by molar-refractivity contribution is -0.137. The van der Waals surface area contributed by atoms with Crippen molar-refractivity contribution in [2.24, 2.45) is 0 Å². The maximum Gasteiger partial charge on any atom is 0.418 e. The van der Waals surface area contributed by atoms with Crippen molar-refractivity contribution < 1.29 is 18.3 Å². The van der Waals surface area contributed by atoms with Gasteiger partial charge in [-0.3, -0.25) is 0 Å². The summed E-state index contributed by atoms with van der Waals surface area (Å²) < 4.78 is 38.7. The molecule has 0 aromatic heterocycles. The molecular weight excluding hydrogens is 325 g/mol. The van der Waals surface area contributed by atoms with Crippen LogP contribution in [-0.4, -0.2) is 17.3 Å². The van der Waals surface area contributed by atoms with Crippen LogP contribution in [0.3, 0.4) is 0 Å². The van der Waals surface area contributed by atoms with E-state index in [1.165, 1.54) is 6.07 Å². The zero-order chi connectivity index (χ0) is 14.8. The number of anilines is 1. The molecule has 0 saturated carbocycles. The first-order chi connectivity index (χ1) is 8.57. The number of benzene rings is 1. The van der Waals surface area contributed by atoms with E-state index >= 15 is 0 Å². The highest BCUT2D eigenvalue weighted by Crippen LogP contribution is 2.37. The van der Waals surface area contributed by atoms with Gasteiger partial charge in [0.05, 0.1) is 12.2 Å². The van der Waals surface area contributed by atoms with Crippen LogP contribution < -0.4 is 11.1 Å². The molecule has 7 heteroatoms. The first-order valence-electron chi connectivity index (χ1n) is 5.58. The molecule has 1 aromatic carbocycles. The minimum atomic E-state index is -4.49. The Morgan fingerprint density at radius 1 is 1.32 bits per heavy atom. The van der Waals surface area contributed by atoms with Crippen molar-refractivity contribution in [1.29, 1.82) is 0 Å². The lowest BCUT2D eigenvalue weighted by Gasteiger charge is -2.24. The van der Waals surface area contributed by atoms with E-state index in [1.807, 2.05) is 0 Å². The second-order valence-corrected chi connectivity index (χ2v) is 5.84. The first kappa shape index (κ1) is 16.3. The third-order valence-electron chi connectivity index (χ3n) is 2.69. The van der Waals surface area contributed by atoms with E-state index < -0.39 is 17.3 Å². The highest BCUT2D eigenvalue weighted by molar-refractivity contribution is 9.10. The van der Waals surface area contributed by atoms with Gasteiger partial charge in [-0.15, -0.1) is 0 Å². The molecule has 0 bridgehead atoms. The van der Waals surface area contributed by atoms with Gasteiger partial charge in [-0.25, -0.2) is 0 Å². The highest BCUT2D eigenvalue weighted by Gasteiger charge is 2.34. The van der Waals surface area contributed by atoms with E-state index in [2.05, 4.69) is 21.2 Å². The van der Waals surface area contributed by atoms with Gasteiger partial charge in [0.1, 0.15) is 0 Å². The fourth-order valence-corrected chi connectivity index (χ4v) is 1.95. The van der Waals surface area contributed by atoms with Crippen LogP contribution in [0.25, 0.3) is 0 Å². The van der Waals surface area contributed by atoms with Crippen molar-refractivity contribution in [3.63, 3.8) is 0 Å². The molecule has 0 aliphatic heterocycles. The molecule has 19 heavy (non-hydrogen) atoms. The first-order valence-corrected chi connectivity index (χ1v) is 6.37. The average molecular weight is 341 g/mol. The van der Waals surface area contributed by atoms with Crippen LogP contribution >= 0.6 is 15.9 Å². The largest absolute Gasteiger partial charge is 0.418 e. The molecule has 0 amide bonds. The Morgan fingerprint density at radius 3 is 2.37 bits per heavy atom. The van der Waals surface area contributed by atoms with Gasteiger partial charge in [0.15, 0.2) is 0 Å². The van der Waals surface area contributed by atoms with Crippen molar-refractivity contribution in [2.45, 2.75) is 32.1 Å². The Balaban J connectivity index is 3.06. The number of hydrogen-bond acceptors (Lipinski definition) is 3. The van der Waals surface area contributed by atoms with Crippen LogP contribution in [0, 0.1) is 0 Å². The third kappa shape index (κ3) is 4.36. The van der Waals surface area contributed by atoms with Crippen LogP contribution in [-0.2, 0) is 12.7 Å². The second kappa shape index (κ2) is 5.68. The number of aliphatic hydroxyl groups is 1. The smallest absolute Gasteiger partial charge is 0.398 e. The van der Waals surface area contributed by atoms with Crippen LogP contribution in [0.4, 0.5) is 18.9 Å². The zero-order valence-electron chi connectivity index (χ0n) is 10.6. The summed E-state index contributed by atoms with van der Waals surface area (Å²) in [6.07, 6.45) is -4.49. The van der Waals surface area contributed by atoms with Crippen molar-refractivity contribution in [3.05, 3.63) is 27.7 Å². The molecule has 4 N–H and O–H groups in total. The molecule has 0 atom stereocenters. The summed E-state index contributed by atoms with van der Waals surface area (Å²) in [7, 11) is 0. The van der Waals surface area contributed by atoms with Gasteiger partial charge in [-0.05, 0) is 31.5 Å². The van der Waals surface area contributed by atoms with Gasteiger partial charge in [0, 0.05) is 22.2 Å². The van der Waals surface area contributed by atoms with Gasteiger partial charge in [-0.2, -0.15) is 13.2 Å². The van der Waals surface area contributed by atoms with E-state index in [4.69, 9.17) is 10.8 Å². The monoisotopic (exact) mass is 340 g/mol. The molecule has 108 valence electrons. The Bertz CT molecular complexity index is 461. The molecule has 0 fully saturated rings. The van der Waals surface area contributed by atoms with Gasteiger partial charge >= 0.3 is 6.18 Å². The van der Waals surface area contributed by atoms with Crippen molar-refractivity contribution >= 4 is 21.6 Å². The standard InChI is InChI=1S/C12H16BrF3N2O/c1-11(2,6-19)18-5-7-3-8(13)4-9(10(7)17)12(14,15)16/h3-4,18-19H,5-6,17H2,1-2H3. The topological polar surface area (TPSA) is 58.3 Å². The highest BCUT2D eigenvalue weighted by atomic mass is 79.9. The molecule has 1 rings (SSSR count). The molecule has 0 unspecified atom stereocenters. The predicted molar refractivity (Wildman–Crippen MR) is 71.6 cm³/mol. The maximum absolute atomic E-state index is 12.8. The minimum Gasteiger partial charge on any atom is -0.398 e. The lowest BCUT2D eigenvalue weighted by Crippen LogP contribution is -2.42. The van der Waals surface area contributed by atoms with E-state index in [1.54, 1.807) is 13.8 Å². The minimum absolute atomic E-state index is 0.132. The van der Waals surface area contributed by atoms with Gasteiger partial charge in [0.25, 0.3) is 0 Å². The van der Waals surface area contributed by atoms with E-state index in [9.17, 15) is 13.2 Å². The summed E-state index contributed by atoms with van der Waals surface area (Å²) in [4.78, 5) is 0. The number of nitrogens with one attached hydrogen (secondary N) is 1. The summed E-state index contributed by atoms with van der Waals surface area (Å²) in [5.74, 6) is 0. The Kier molecular flexibility index (Phi) is 4.86. The lowest BCUT2D eigenvalue weighted by atomic mass is 10.0. The average Bonchev–Trinajstić information content (AvgIpc) is 2.28. The van der Waals surface area contributed by atoms with Crippen LogP contribution in [0.2, 0.25) is 0 Å². The summed E-state index contributed by atoms with van der Waals surface area (Å²) in [6.45, 7) is 3.49. The Labute approximate surface area is 118 Å². The van der Waals surface area contributed by atoms with E-state index in [0.717, 1.165) is 6.07 Å². The van der Waals surface area contributed by atoms with Crippen molar-refractivity contribution in [1.82, 2.24) is 5.32 Å². The normalized spacial score (nSPS) is 12.8. The molecule has 0 aliphatic carbocycles. The zero-order valence-corrected chi connectivity index (χ0v) is 12.2. The van der Waals surface area contributed by atoms with Crippen molar-refractivity contribution in [3.8, 4) is 0 Å². The number of aliphatic hydroxyl groups excluding tert-OH is 1. The molecule has 0 radical (unpaired) electrons. The summed E-state index contributed by atoms with van der Waals surface area (Å²) >= 11 is 3.04. The molecule has 0 heterocycles. The number of rotatable bonds is 4. The summed E-state index contributed by atoms with van der Waals surface area (Å²) in [5, 5.41) is 12.1. The summed E-state index contributed by atoms with van der Waals surface area (Å²) in [5.41, 5.74) is 4.16. The third-order valence-corrected chi connectivity index (χ3v) is 3.15. The number of nitrogens with two attached hydrogens (primary N) is 1. The van der Waals surface area contributed by atoms with Crippen molar-refractivity contribution in [2.75, 3.05) is 12.3 Å². The van der Waals surface area contributed by atoms with Crippen LogP contribution in [0.15, 0.2) is 16.6 Å². The maximum atomic E-state index is 12.8. The van der Waals surface area contributed by atoms with E-state index in [0.29, 0.717) is 10.0 Å². The second-order valence-electron chi connectivity index (χ2n) is 4.92. The molecule has 0 saturated heterocycles. The van der Waals surface area contributed by atoms with Crippen LogP contribution in [0.1, 0.15) is 25.0 Å². The Morgan fingerprint density at radius 2 is 1.89 bits per heavy atom. The molecule has 0 aliphatic rings. The number of halogens is 4. The number of hydrogen-bond donors (Lipinski definition) is 3. The fraction of sp³-hybridized carbons (Fsp3) is 0.500. The SMILES string of the molecule is CC(C)(CO)NCc1cc(Br)cc(C(F)(F)F)c1N. The molecule has 1 aromatic rings. The van der Waals surface area contributed by atoms with Gasteiger partial charge < -0.3 is 16.2 Å². The van der Waals surface area contributed by atoms with Crippen LogP contribution in [0.5, 0.6) is 0 Å². The molecular formula is C12H16BrF3N2O. The molecule has 0 spiro atoms. The summed E-state index contributed by atoms with van der Waals surface area (Å²) in [6, 6.07) is 2.49.